The molecule has 1 rings (SSSR count). The number of nitrogens with zero attached hydrogens (tertiary/aromatic N) is 2. The molecule has 0 saturated carbocycles. The quantitative estimate of drug-likeness (QED) is 0.734. The van der Waals surface area contributed by atoms with Gasteiger partial charge in [0.1, 0.15) is 0 Å². The van der Waals surface area contributed by atoms with Crippen LogP contribution in [0, 0.1) is 0 Å². The predicted octanol–water partition coefficient (Wildman–Crippen LogP) is 0.502. The minimum absolute atomic E-state index is 0.0929. The number of hydrogen-bond acceptors (Lipinski definition) is 4. The second-order valence-electron chi connectivity index (χ2n) is 2.47. The summed E-state index contributed by atoms with van der Waals surface area (Å²) in [7, 11) is 1.48. The first-order valence-electron chi connectivity index (χ1n) is 3.79. The summed E-state index contributed by atoms with van der Waals surface area (Å²) in [5.74, 6) is -0.823. The lowest BCUT2D eigenvalue weighted by atomic mass is 10.2. The topological polar surface area (TPSA) is 72.3 Å². The molecule has 1 aromatic rings. The molecule has 0 spiro atoms. The summed E-state index contributed by atoms with van der Waals surface area (Å²) in [4.78, 5) is 17.9. The van der Waals surface area contributed by atoms with Crippen molar-refractivity contribution in [2.24, 2.45) is 0 Å². The van der Waals surface area contributed by atoms with E-state index in [1.165, 1.54) is 7.11 Å². The molecular formula is C8H10N2O3. The molecule has 0 aliphatic rings. The molecule has 1 N–H and O–H groups in total. The third-order valence-corrected chi connectivity index (χ3v) is 1.49. The SMILES string of the molecule is COc1ncc(CCC(=O)O)cn1. The highest BCUT2D eigenvalue weighted by atomic mass is 16.5. The van der Waals surface area contributed by atoms with Crippen molar-refractivity contribution in [1.82, 2.24) is 9.97 Å². The number of hydrogen-bond donors (Lipinski definition) is 1. The van der Waals surface area contributed by atoms with Gasteiger partial charge in [0.15, 0.2) is 0 Å². The van der Waals surface area contributed by atoms with E-state index in [1.807, 2.05) is 0 Å². The summed E-state index contributed by atoms with van der Waals surface area (Å²) in [5.41, 5.74) is 0.795. The number of aryl methyl sites for hydroxylation is 1. The Balaban J connectivity index is 2.54. The summed E-state index contributed by atoms with van der Waals surface area (Å²) in [6, 6.07) is 0.291. The summed E-state index contributed by atoms with van der Waals surface area (Å²) in [5, 5.41) is 8.41. The van der Waals surface area contributed by atoms with E-state index in [2.05, 4.69) is 9.97 Å². The predicted molar refractivity (Wildman–Crippen MR) is 44.5 cm³/mol. The number of aliphatic carboxylic acids is 1. The molecule has 0 amide bonds. The van der Waals surface area contributed by atoms with E-state index < -0.39 is 5.97 Å². The van der Waals surface area contributed by atoms with Crippen LogP contribution in [0.2, 0.25) is 0 Å². The molecule has 0 radical (unpaired) electrons. The van der Waals surface area contributed by atoms with Gasteiger partial charge in [-0.3, -0.25) is 4.79 Å². The molecule has 0 saturated heterocycles. The Morgan fingerprint density at radius 2 is 2.15 bits per heavy atom. The highest BCUT2D eigenvalue weighted by molar-refractivity contribution is 5.67. The van der Waals surface area contributed by atoms with E-state index in [4.69, 9.17) is 9.84 Å². The number of carboxylic acids is 1. The first-order chi connectivity index (χ1) is 6.22. The number of carbonyl (C=O) groups is 1. The minimum Gasteiger partial charge on any atom is -0.481 e. The lowest BCUT2D eigenvalue weighted by molar-refractivity contribution is -0.136. The second kappa shape index (κ2) is 4.39. The molecule has 70 valence electrons. The van der Waals surface area contributed by atoms with E-state index in [9.17, 15) is 4.79 Å². The van der Waals surface area contributed by atoms with E-state index in [0.29, 0.717) is 12.4 Å². The molecular weight excluding hydrogens is 172 g/mol. The van der Waals surface area contributed by atoms with Crippen molar-refractivity contribution in [2.75, 3.05) is 7.11 Å². The Morgan fingerprint density at radius 1 is 1.54 bits per heavy atom. The third-order valence-electron chi connectivity index (χ3n) is 1.49. The van der Waals surface area contributed by atoms with Crippen molar-refractivity contribution in [3.05, 3.63) is 18.0 Å². The Hall–Kier alpha value is -1.65. The largest absolute Gasteiger partial charge is 0.481 e. The maximum atomic E-state index is 10.2. The van der Waals surface area contributed by atoms with Gasteiger partial charge in [0.2, 0.25) is 0 Å². The number of carboxylic acid groups (broad SMARTS) is 1. The lowest BCUT2D eigenvalue weighted by Crippen LogP contribution is -1.99. The van der Waals surface area contributed by atoms with Crippen LogP contribution >= 0.6 is 0 Å². The van der Waals surface area contributed by atoms with Crippen LogP contribution in [0.1, 0.15) is 12.0 Å². The van der Waals surface area contributed by atoms with Crippen molar-refractivity contribution in [3.63, 3.8) is 0 Å². The molecule has 0 atom stereocenters. The van der Waals surface area contributed by atoms with Crippen LogP contribution < -0.4 is 4.74 Å². The van der Waals surface area contributed by atoms with Gasteiger partial charge in [0, 0.05) is 18.8 Å². The zero-order valence-electron chi connectivity index (χ0n) is 7.23. The van der Waals surface area contributed by atoms with E-state index in [0.717, 1.165) is 5.56 Å². The Kier molecular flexibility index (Phi) is 3.19. The second-order valence-corrected chi connectivity index (χ2v) is 2.47. The highest BCUT2D eigenvalue weighted by Gasteiger charge is 2.00. The Bertz CT molecular complexity index is 284. The molecule has 0 aliphatic carbocycles. The van der Waals surface area contributed by atoms with Gasteiger partial charge < -0.3 is 9.84 Å². The normalized spacial score (nSPS) is 9.62. The number of rotatable bonds is 4. The van der Waals surface area contributed by atoms with Crippen molar-refractivity contribution < 1.29 is 14.6 Å². The molecule has 1 heterocycles. The Morgan fingerprint density at radius 3 is 2.62 bits per heavy atom. The van der Waals surface area contributed by atoms with Crippen LogP contribution in [0.5, 0.6) is 6.01 Å². The monoisotopic (exact) mass is 182 g/mol. The summed E-state index contributed by atoms with van der Waals surface area (Å²) in [6.45, 7) is 0. The molecule has 1 aromatic heterocycles. The van der Waals surface area contributed by atoms with Gasteiger partial charge in [0.25, 0.3) is 0 Å². The van der Waals surface area contributed by atoms with Crippen LogP contribution in [0.25, 0.3) is 0 Å². The number of aromatic nitrogens is 2. The molecule has 13 heavy (non-hydrogen) atoms. The van der Waals surface area contributed by atoms with Crippen LogP contribution in [-0.2, 0) is 11.2 Å². The lowest BCUT2D eigenvalue weighted by Gasteiger charge is -1.98. The van der Waals surface area contributed by atoms with E-state index in [1.54, 1.807) is 12.4 Å². The van der Waals surface area contributed by atoms with Crippen molar-refractivity contribution in [3.8, 4) is 6.01 Å². The molecule has 0 fully saturated rings. The van der Waals surface area contributed by atoms with Crippen molar-refractivity contribution >= 4 is 5.97 Å². The summed E-state index contributed by atoms with van der Waals surface area (Å²) in [6.07, 6.45) is 3.67. The maximum Gasteiger partial charge on any atom is 0.316 e. The fourth-order valence-electron chi connectivity index (χ4n) is 0.829. The molecule has 0 bridgehead atoms. The molecule has 5 heteroatoms. The first-order valence-corrected chi connectivity index (χ1v) is 3.79. The fourth-order valence-corrected chi connectivity index (χ4v) is 0.829. The fraction of sp³-hybridized carbons (Fsp3) is 0.375. The van der Waals surface area contributed by atoms with Gasteiger partial charge in [-0.1, -0.05) is 0 Å². The molecule has 0 unspecified atom stereocenters. The van der Waals surface area contributed by atoms with E-state index in [-0.39, 0.29) is 6.42 Å². The zero-order valence-corrected chi connectivity index (χ0v) is 7.23. The summed E-state index contributed by atoms with van der Waals surface area (Å²) >= 11 is 0. The van der Waals surface area contributed by atoms with Gasteiger partial charge in [-0.05, 0) is 12.0 Å². The van der Waals surface area contributed by atoms with Crippen LogP contribution in [0.3, 0.4) is 0 Å². The molecule has 0 aliphatic heterocycles. The zero-order chi connectivity index (χ0) is 9.68. The van der Waals surface area contributed by atoms with Gasteiger partial charge in [0.05, 0.1) is 7.11 Å². The van der Waals surface area contributed by atoms with Gasteiger partial charge in [-0.15, -0.1) is 0 Å². The van der Waals surface area contributed by atoms with Crippen LogP contribution in [-0.4, -0.2) is 28.2 Å². The standard InChI is InChI=1S/C8H10N2O3/c1-13-8-9-4-6(5-10-8)2-3-7(11)12/h4-5H,2-3H2,1H3,(H,11,12). The molecule has 0 aromatic carbocycles. The van der Waals surface area contributed by atoms with Gasteiger partial charge in [-0.25, -0.2) is 9.97 Å². The maximum absolute atomic E-state index is 10.2. The van der Waals surface area contributed by atoms with Crippen LogP contribution in [0.15, 0.2) is 12.4 Å². The minimum atomic E-state index is -0.823. The first kappa shape index (κ1) is 9.44. The van der Waals surface area contributed by atoms with E-state index >= 15 is 0 Å². The Labute approximate surface area is 75.4 Å². The number of ether oxygens (including phenoxy) is 1. The average Bonchev–Trinajstić information content (AvgIpc) is 2.15. The van der Waals surface area contributed by atoms with Crippen molar-refractivity contribution in [2.45, 2.75) is 12.8 Å². The smallest absolute Gasteiger partial charge is 0.316 e. The third kappa shape index (κ3) is 3.06. The van der Waals surface area contributed by atoms with Crippen LogP contribution in [0.4, 0.5) is 0 Å². The highest BCUT2D eigenvalue weighted by Crippen LogP contribution is 2.03. The van der Waals surface area contributed by atoms with Gasteiger partial charge >= 0.3 is 12.0 Å². The molecule has 5 nitrogen and oxygen atoms in total. The average molecular weight is 182 g/mol. The van der Waals surface area contributed by atoms with Crippen molar-refractivity contribution in [1.29, 1.82) is 0 Å². The van der Waals surface area contributed by atoms with Gasteiger partial charge in [-0.2, -0.15) is 0 Å². The summed E-state index contributed by atoms with van der Waals surface area (Å²) < 4.78 is 4.76. The number of methoxy groups -OCH3 is 1.